The van der Waals surface area contributed by atoms with E-state index in [0.717, 1.165) is 11.3 Å². The summed E-state index contributed by atoms with van der Waals surface area (Å²) in [6, 6.07) is 15.8. The van der Waals surface area contributed by atoms with Gasteiger partial charge in [0.15, 0.2) is 11.5 Å². The maximum atomic E-state index is 13.4. The third-order valence-corrected chi connectivity index (χ3v) is 5.67. The van der Waals surface area contributed by atoms with Gasteiger partial charge in [-0.1, -0.05) is 12.1 Å². The molecule has 4 rings (SSSR count). The van der Waals surface area contributed by atoms with E-state index in [1.165, 1.54) is 26.4 Å². The topological polar surface area (TPSA) is 80.3 Å². The predicted octanol–water partition coefficient (Wildman–Crippen LogP) is 4.33. The molecule has 176 valence electrons. The van der Waals surface area contributed by atoms with E-state index in [1.807, 2.05) is 24.3 Å². The zero-order chi connectivity index (χ0) is 24.1. The first-order chi connectivity index (χ1) is 16.5. The number of hydrogen-bond acceptors (Lipinski definition) is 7. The van der Waals surface area contributed by atoms with Crippen molar-refractivity contribution in [2.75, 3.05) is 34.5 Å². The van der Waals surface area contributed by atoms with E-state index in [-0.39, 0.29) is 5.56 Å². The molecule has 7 nitrogen and oxygen atoms in total. The van der Waals surface area contributed by atoms with Crippen LogP contribution in [-0.2, 0) is 12.8 Å². The Kier molecular flexibility index (Phi) is 7.01. The number of benzene rings is 3. The summed E-state index contributed by atoms with van der Waals surface area (Å²) in [4.78, 5) is 26.6. The number of Topliss-reactive ketones (excluding diaryl/α,β-unsaturated/α-hetero) is 2. The first kappa shape index (κ1) is 23.2. The molecule has 1 aliphatic heterocycles. The van der Waals surface area contributed by atoms with Crippen LogP contribution in [0.2, 0.25) is 0 Å². The van der Waals surface area contributed by atoms with Gasteiger partial charge in [-0.15, -0.1) is 0 Å². The van der Waals surface area contributed by atoms with E-state index in [9.17, 15) is 9.59 Å². The predicted molar refractivity (Wildman–Crippen MR) is 126 cm³/mol. The first-order valence-corrected chi connectivity index (χ1v) is 10.9. The van der Waals surface area contributed by atoms with Gasteiger partial charge in [-0.2, -0.15) is 0 Å². The minimum Gasteiger partial charge on any atom is -0.497 e. The molecule has 0 N–H and O–H groups in total. The molecule has 0 atom stereocenters. The van der Waals surface area contributed by atoms with Crippen molar-refractivity contribution in [2.45, 2.75) is 12.8 Å². The Morgan fingerprint density at radius 3 is 1.88 bits per heavy atom. The lowest BCUT2D eigenvalue weighted by atomic mass is 9.93. The summed E-state index contributed by atoms with van der Waals surface area (Å²) >= 11 is 0. The lowest BCUT2D eigenvalue weighted by Gasteiger charge is -2.21. The monoisotopic (exact) mass is 462 g/mol. The summed E-state index contributed by atoms with van der Waals surface area (Å²) in [6.07, 6.45) is 1.21. The standard InChI is InChI=1S/C27H26O7/c1-30-20-8-5-17(6-9-20)4-7-18-14-24-25(34-11-10-33-24)16-23(18)27(29)26(28)19-12-21(31-2)15-22(13-19)32-3/h5-6,8-9,12-16H,4,7,10-11H2,1-3H3. The molecule has 7 heteroatoms. The van der Waals surface area contributed by atoms with Crippen LogP contribution in [0.3, 0.4) is 0 Å². The van der Waals surface area contributed by atoms with E-state index in [2.05, 4.69) is 0 Å². The van der Waals surface area contributed by atoms with Crippen LogP contribution in [0.15, 0.2) is 54.6 Å². The van der Waals surface area contributed by atoms with Crippen molar-refractivity contribution in [1.29, 1.82) is 0 Å². The largest absolute Gasteiger partial charge is 0.497 e. The fourth-order valence-corrected chi connectivity index (χ4v) is 3.81. The van der Waals surface area contributed by atoms with Gasteiger partial charge in [0.05, 0.1) is 21.3 Å². The molecule has 0 unspecified atom stereocenters. The molecular weight excluding hydrogens is 436 g/mol. The van der Waals surface area contributed by atoms with E-state index in [0.29, 0.717) is 60.2 Å². The number of ketones is 2. The van der Waals surface area contributed by atoms with E-state index in [4.69, 9.17) is 23.7 Å². The summed E-state index contributed by atoms with van der Waals surface area (Å²) in [7, 11) is 4.60. The Morgan fingerprint density at radius 2 is 1.29 bits per heavy atom. The van der Waals surface area contributed by atoms with Gasteiger partial charge in [0.1, 0.15) is 30.5 Å². The third-order valence-electron chi connectivity index (χ3n) is 5.67. The van der Waals surface area contributed by atoms with Gasteiger partial charge in [0.2, 0.25) is 11.6 Å². The molecule has 0 saturated heterocycles. The Balaban J connectivity index is 1.66. The zero-order valence-corrected chi connectivity index (χ0v) is 19.4. The van der Waals surface area contributed by atoms with Crippen molar-refractivity contribution in [2.24, 2.45) is 0 Å². The van der Waals surface area contributed by atoms with Gasteiger partial charge in [-0.25, -0.2) is 0 Å². The average molecular weight is 462 g/mol. The number of ether oxygens (including phenoxy) is 5. The van der Waals surface area contributed by atoms with Crippen molar-refractivity contribution in [3.63, 3.8) is 0 Å². The second-order valence-electron chi connectivity index (χ2n) is 7.76. The molecule has 0 aromatic heterocycles. The van der Waals surface area contributed by atoms with Gasteiger partial charge in [-0.3, -0.25) is 9.59 Å². The van der Waals surface area contributed by atoms with Gasteiger partial charge >= 0.3 is 0 Å². The summed E-state index contributed by atoms with van der Waals surface area (Å²) in [5, 5.41) is 0. The summed E-state index contributed by atoms with van der Waals surface area (Å²) in [5.41, 5.74) is 2.29. The SMILES string of the molecule is COc1ccc(CCc2cc3c(cc2C(=O)C(=O)c2cc(OC)cc(OC)c2)OCCO3)cc1. The minimum absolute atomic E-state index is 0.192. The quantitative estimate of drug-likeness (QED) is 0.346. The number of aryl methyl sites for hydroxylation is 2. The number of methoxy groups -OCH3 is 3. The Labute approximate surface area is 198 Å². The Bertz CT molecular complexity index is 1180. The lowest BCUT2D eigenvalue weighted by Crippen LogP contribution is -2.20. The van der Waals surface area contributed by atoms with Crippen LogP contribution in [-0.4, -0.2) is 46.1 Å². The van der Waals surface area contributed by atoms with Crippen molar-refractivity contribution >= 4 is 11.6 Å². The van der Waals surface area contributed by atoms with Gasteiger partial charge in [0, 0.05) is 17.2 Å². The summed E-state index contributed by atoms with van der Waals surface area (Å²) < 4.78 is 27.1. The Morgan fingerprint density at radius 1 is 0.706 bits per heavy atom. The molecule has 0 saturated carbocycles. The fraction of sp³-hybridized carbons (Fsp3) is 0.259. The van der Waals surface area contributed by atoms with Gasteiger partial charge in [0.25, 0.3) is 0 Å². The number of fused-ring (bicyclic) bond motifs is 1. The smallest absolute Gasteiger partial charge is 0.233 e. The van der Waals surface area contributed by atoms with Crippen LogP contribution in [0, 0.1) is 0 Å². The molecule has 34 heavy (non-hydrogen) atoms. The van der Waals surface area contributed by atoms with E-state index < -0.39 is 11.6 Å². The van der Waals surface area contributed by atoms with Crippen molar-refractivity contribution < 1.29 is 33.3 Å². The van der Waals surface area contributed by atoms with E-state index >= 15 is 0 Å². The molecule has 1 heterocycles. The number of carbonyl (C=O) groups excluding carboxylic acids is 2. The molecule has 0 bridgehead atoms. The van der Waals surface area contributed by atoms with Crippen LogP contribution in [0.1, 0.15) is 31.8 Å². The van der Waals surface area contributed by atoms with Gasteiger partial charge in [-0.05, 0) is 60.4 Å². The number of carbonyl (C=O) groups is 2. The highest BCUT2D eigenvalue weighted by Crippen LogP contribution is 2.35. The lowest BCUT2D eigenvalue weighted by molar-refractivity contribution is 0.0815. The maximum absolute atomic E-state index is 13.4. The number of hydrogen-bond donors (Lipinski definition) is 0. The van der Waals surface area contributed by atoms with Crippen LogP contribution in [0.25, 0.3) is 0 Å². The fourth-order valence-electron chi connectivity index (χ4n) is 3.81. The number of rotatable bonds is 9. The minimum atomic E-state index is -0.653. The van der Waals surface area contributed by atoms with Crippen molar-refractivity contribution in [3.8, 4) is 28.7 Å². The maximum Gasteiger partial charge on any atom is 0.233 e. The molecule has 0 aliphatic carbocycles. The third kappa shape index (κ3) is 4.98. The molecule has 0 fully saturated rings. The first-order valence-electron chi connectivity index (χ1n) is 10.9. The highest BCUT2D eigenvalue weighted by Gasteiger charge is 2.26. The summed E-state index contributed by atoms with van der Waals surface area (Å²) in [6.45, 7) is 0.813. The normalized spacial score (nSPS) is 12.1. The molecular formula is C27H26O7. The van der Waals surface area contributed by atoms with Crippen molar-refractivity contribution in [1.82, 2.24) is 0 Å². The highest BCUT2D eigenvalue weighted by molar-refractivity contribution is 6.49. The molecule has 3 aromatic carbocycles. The Hall–Kier alpha value is -4.00. The summed E-state index contributed by atoms with van der Waals surface area (Å²) in [5.74, 6) is 1.38. The van der Waals surface area contributed by atoms with Crippen LogP contribution < -0.4 is 23.7 Å². The highest BCUT2D eigenvalue weighted by atomic mass is 16.6. The van der Waals surface area contributed by atoms with Crippen LogP contribution >= 0.6 is 0 Å². The molecule has 0 radical (unpaired) electrons. The zero-order valence-electron chi connectivity index (χ0n) is 19.4. The van der Waals surface area contributed by atoms with Crippen molar-refractivity contribution in [3.05, 3.63) is 76.9 Å². The molecule has 3 aromatic rings. The van der Waals surface area contributed by atoms with Crippen LogP contribution in [0.4, 0.5) is 0 Å². The molecule has 1 aliphatic rings. The second kappa shape index (κ2) is 10.3. The second-order valence-corrected chi connectivity index (χ2v) is 7.76. The molecule has 0 amide bonds. The molecule has 0 spiro atoms. The van der Waals surface area contributed by atoms with Crippen LogP contribution in [0.5, 0.6) is 28.7 Å². The average Bonchev–Trinajstić information content (AvgIpc) is 2.90. The van der Waals surface area contributed by atoms with E-state index in [1.54, 1.807) is 25.3 Å². The van der Waals surface area contributed by atoms with Gasteiger partial charge < -0.3 is 23.7 Å².